The highest BCUT2D eigenvalue weighted by atomic mass is 16.3. The highest BCUT2D eigenvalue weighted by Gasteiger charge is 2.12. The van der Waals surface area contributed by atoms with Crippen LogP contribution in [-0.2, 0) is 0 Å². The molecule has 0 bridgehead atoms. The highest BCUT2D eigenvalue weighted by molar-refractivity contribution is 5.17. The number of unbranched alkanes of at least 4 members (excludes halogenated alkanes) is 2. The van der Waals surface area contributed by atoms with Gasteiger partial charge in [-0.25, -0.2) is 0 Å². The normalized spacial score (nSPS) is 14.7. The summed E-state index contributed by atoms with van der Waals surface area (Å²) in [6.07, 6.45) is 3.65. The van der Waals surface area contributed by atoms with Crippen molar-refractivity contribution in [2.24, 2.45) is 0 Å². The summed E-state index contributed by atoms with van der Waals surface area (Å²) in [5.74, 6) is 0. The van der Waals surface area contributed by atoms with Crippen molar-refractivity contribution in [2.75, 3.05) is 0 Å². The second kappa shape index (κ2) is 7.42. The van der Waals surface area contributed by atoms with Gasteiger partial charge in [0, 0.05) is 6.42 Å². The molecule has 0 saturated heterocycles. The lowest BCUT2D eigenvalue weighted by molar-refractivity contribution is 0.0740. The van der Waals surface area contributed by atoms with E-state index in [-0.39, 0.29) is 6.10 Å². The molecular weight excluding hydrogens is 200 g/mol. The summed E-state index contributed by atoms with van der Waals surface area (Å²) in [4.78, 5) is 0. The molecule has 16 heavy (non-hydrogen) atoms. The lowest BCUT2D eigenvalue weighted by atomic mass is 10.0. The van der Waals surface area contributed by atoms with Gasteiger partial charge in [0.1, 0.15) is 0 Å². The first-order chi connectivity index (χ1) is 7.74. The van der Waals surface area contributed by atoms with Crippen LogP contribution in [0.1, 0.15) is 50.7 Å². The third-order valence-electron chi connectivity index (χ3n) is 2.82. The summed E-state index contributed by atoms with van der Waals surface area (Å²) in [6, 6.07) is 9.52. The smallest absolute Gasteiger partial charge is 0.0814 e. The maximum atomic E-state index is 9.89. The molecule has 1 aromatic rings. The van der Waals surface area contributed by atoms with Gasteiger partial charge in [-0.2, -0.15) is 0 Å². The lowest BCUT2D eigenvalue weighted by Gasteiger charge is -2.15. The van der Waals surface area contributed by atoms with Crippen LogP contribution in [0.5, 0.6) is 0 Å². The molecular formula is C14H22O2. The summed E-state index contributed by atoms with van der Waals surface area (Å²) in [5, 5.41) is 19.6. The first-order valence-electron chi connectivity index (χ1n) is 6.15. The summed E-state index contributed by atoms with van der Waals surface area (Å²) >= 11 is 0. The van der Waals surface area contributed by atoms with Crippen molar-refractivity contribution >= 4 is 0 Å². The van der Waals surface area contributed by atoms with Crippen LogP contribution in [0, 0.1) is 0 Å². The number of hydrogen-bond acceptors (Lipinski definition) is 2. The Balaban J connectivity index is 2.31. The number of rotatable bonds is 7. The quantitative estimate of drug-likeness (QED) is 0.696. The second-order valence-corrected chi connectivity index (χ2v) is 4.31. The van der Waals surface area contributed by atoms with E-state index in [4.69, 9.17) is 0 Å². The highest BCUT2D eigenvalue weighted by Crippen LogP contribution is 2.20. The molecule has 2 atom stereocenters. The van der Waals surface area contributed by atoms with E-state index in [1.54, 1.807) is 0 Å². The van der Waals surface area contributed by atoms with Crippen LogP contribution in [0.3, 0.4) is 0 Å². The molecule has 1 rings (SSSR count). The van der Waals surface area contributed by atoms with Gasteiger partial charge >= 0.3 is 0 Å². The molecule has 0 aliphatic rings. The Morgan fingerprint density at radius 2 is 1.75 bits per heavy atom. The van der Waals surface area contributed by atoms with Gasteiger partial charge < -0.3 is 10.2 Å². The zero-order chi connectivity index (χ0) is 11.8. The Morgan fingerprint density at radius 1 is 1.06 bits per heavy atom. The fourth-order valence-corrected chi connectivity index (χ4v) is 1.82. The molecule has 0 radical (unpaired) electrons. The predicted molar refractivity (Wildman–Crippen MR) is 66.2 cm³/mol. The summed E-state index contributed by atoms with van der Waals surface area (Å²) < 4.78 is 0. The summed E-state index contributed by atoms with van der Waals surface area (Å²) in [7, 11) is 0. The Hall–Kier alpha value is -0.860. The van der Waals surface area contributed by atoms with Gasteiger partial charge in [-0.3, -0.25) is 0 Å². The van der Waals surface area contributed by atoms with Gasteiger partial charge in [-0.05, 0) is 12.0 Å². The molecule has 2 heteroatoms. The zero-order valence-corrected chi connectivity index (χ0v) is 9.97. The molecule has 0 spiro atoms. The van der Waals surface area contributed by atoms with Crippen LogP contribution in [0.2, 0.25) is 0 Å². The minimum absolute atomic E-state index is 0.387. The number of benzene rings is 1. The molecule has 1 aromatic carbocycles. The maximum Gasteiger partial charge on any atom is 0.0814 e. The topological polar surface area (TPSA) is 40.5 Å². The zero-order valence-electron chi connectivity index (χ0n) is 9.97. The minimum atomic E-state index is -0.544. The van der Waals surface area contributed by atoms with Gasteiger partial charge in [0.05, 0.1) is 12.2 Å². The minimum Gasteiger partial charge on any atom is -0.393 e. The van der Waals surface area contributed by atoms with E-state index in [9.17, 15) is 10.2 Å². The molecule has 0 aliphatic heterocycles. The van der Waals surface area contributed by atoms with E-state index in [0.29, 0.717) is 6.42 Å². The number of aliphatic hydroxyl groups is 2. The van der Waals surface area contributed by atoms with E-state index >= 15 is 0 Å². The second-order valence-electron chi connectivity index (χ2n) is 4.31. The Kier molecular flexibility index (Phi) is 6.12. The third kappa shape index (κ3) is 4.77. The van der Waals surface area contributed by atoms with E-state index in [2.05, 4.69) is 6.92 Å². The molecule has 0 amide bonds. The average molecular weight is 222 g/mol. The van der Waals surface area contributed by atoms with Crippen molar-refractivity contribution in [3.63, 3.8) is 0 Å². The van der Waals surface area contributed by atoms with Crippen LogP contribution in [0.25, 0.3) is 0 Å². The monoisotopic (exact) mass is 222 g/mol. The predicted octanol–water partition coefficient (Wildman–Crippen LogP) is 3.05. The van der Waals surface area contributed by atoms with Crippen LogP contribution >= 0.6 is 0 Å². The molecule has 0 saturated carbocycles. The first-order valence-corrected chi connectivity index (χ1v) is 6.15. The molecule has 0 aliphatic carbocycles. The van der Waals surface area contributed by atoms with E-state index in [0.717, 1.165) is 31.2 Å². The van der Waals surface area contributed by atoms with Crippen molar-refractivity contribution in [1.29, 1.82) is 0 Å². The van der Waals surface area contributed by atoms with Crippen molar-refractivity contribution in [1.82, 2.24) is 0 Å². The fraction of sp³-hybridized carbons (Fsp3) is 0.571. The SMILES string of the molecule is CCCCC[C@@H](O)C[C@H](O)c1ccccc1. The average Bonchev–Trinajstić information content (AvgIpc) is 2.30. The first kappa shape index (κ1) is 13.2. The third-order valence-corrected chi connectivity index (χ3v) is 2.82. The van der Waals surface area contributed by atoms with Crippen molar-refractivity contribution in [2.45, 2.75) is 51.2 Å². The molecule has 2 N–H and O–H groups in total. The van der Waals surface area contributed by atoms with E-state index < -0.39 is 6.10 Å². The lowest BCUT2D eigenvalue weighted by Crippen LogP contribution is -2.12. The van der Waals surface area contributed by atoms with Crippen LogP contribution in [0.15, 0.2) is 30.3 Å². The van der Waals surface area contributed by atoms with E-state index in [1.807, 2.05) is 30.3 Å². The van der Waals surface area contributed by atoms with Crippen LogP contribution in [0.4, 0.5) is 0 Å². The molecule has 0 heterocycles. The fourth-order valence-electron chi connectivity index (χ4n) is 1.82. The van der Waals surface area contributed by atoms with Crippen LogP contribution in [-0.4, -0.2) is 16.3 Å². The van der Waals surface area contributed by atoms with Gasteiger partial charge in [0.15, 0.2) is 0 Å². The van der Waals surface area contributed by atoms with Gasteiger partial charge in [0.25, 0.3) is 0 Å². The Bertz CT molecular complexity index is 271. The largest absolute Gasteiger partial charge is 0.393 e. The Labute approximate surface area is 97.9 Å². The number of aliphatic hydroxyl groups excluding tert-OH is 2. The molecule has 0 fully saturated rings. The maximum absolute atomic E-state index is 9.89. The van der Waals surface area contributed by atoms with Gasteiger partial charge in [0.2, 0.25) is 0 Å². The van der Waals surface area contributed by atoms with Gasteiger partial charge in [-0.15, -0.1) is 0 Å². The summed E-state index contributed by atoms with van der Waals surface area (Å²) in [6.45, 7) is 2.14. The molecule has 0 unspecified atom stereocenters. The van der Waals surface area contributed by atoms with Crippen molar-refractivity contribution < 1.29 is 10.2 Å². The molecule has 0 aromatic heterocycles. The van der Waals surface area contributed by atoms with Gasteiger partial charge in [-0.1, -0.05) is 56.5 Å². The standard InChI is InChI=1S/C14H22O2/c1-2-3-5-10-13(15)11-14(16)12-8-6-4-7-9-12/h4,6-9,13-16H,2-3,5,10-11H2,1H3/t13-,14+/m1/s1. The summed E-state index contributed by atoms with van der Waals surface area (Å²) in [5.41, 5.74) is 0.886. The van der Waals surface area contributed by atoms with Crippen molar-refractivity contribution in [3.8, 4) is 0 Å². The number of hydrogen-bond donors (Lipinski definition) is 2. The van der Waals surface area contributed by atoms with Crippen molar-refractivity contribution in [3.05, 3.63) is 35.9 Å². The van der Waals surface area contributed by atoms with Crippen LogP contribution < -0.4 is 0 Å². The molecule has 2 nitrogen and oxygen atoms in total. The van der Waals surface area contributed by atoms with E-state index in [1.165, 1.54) is 0 Å². The Morgan fingerprint density at radius 3 is 2.38 bits per heavy atom. The molecule has 90 valence electrons.